The summed E-state index contributed by atoms with van der Waals surface area (Å²) in [6.45, 7) is 0. The first-order valence-corrected chi connectivity index (χ1v) is 9.60. The van der Waals surface area contributed by atoms with Crippen molar-refractivity contribution in [3.63, 3.8) is 0 Å². The van der Waals surface area contributed by atoms with Crippen molar-refractivity contribution >= 4 is 25.6 Å². The molecule has 1 rings (SSSR count). The lowest BCUT2D eigenvalue weighted by molar-refractivity contribution is 0.0696. The summed E-state index contributed by atoms with van der Waals surface area (Å²) in [6, 6.07) is 3.50. The second kappa shape index (κ2) is 6.44. The van der Waals surface area contributed by atoms with Crippen molar-refractivity contribution in [1.29, 1.82) is 0 Å². The number of carboxylic acids is 1. The number of ether oxygens (including phenoxy) is 1. The van der Waals surface area contributed by atoms with Gasteiger partial charge in [-0.3, -0.25) is 0 Å². The highest BCUT2D eigenvalue weighted by atomic mass is 32.2. The normalized spacial score (nSPS) is 12.1. The first kappa shape index (κ1) is 17.4. The average Bonchev–Trinajstić information content (AvgIpc) is 2.36. The van der Waals surface area contributed by atoms with Gasteiger partial charge in [0.25, 0.3) is 0 Å². The number of aromatic carboxylic acids is 1. The molecule has 0 radical (unpaired) electrons. The Hall–Kier alpha value is -1.61. The number of hydrogen-bond donors (Lipinski definition) is 1. The van der Waals surface area contributed by atoms with E-state index in [-0.39, 0.29) is 28.4 Å². The van der Waals surface area contributed by atoms with E-state index in [1.165, 1.54) is 19.2 Å². The fourth-order valence-corrected chi connectivity index (χ4v) is 4.03. The molecule has 118 valence electrons. The zero-order valence-electron chi connectivity index (χ0n) is 11.6. The molecule has 0 saturated heterocycles. The third-order valence-corrected chi connectivity index (χ3v) is 5.52. The quantitative estimate of drug-likeness (QED) is 0.775. The Morgan fingerprint density at radius 2 is 1.81 bits per heavy atom. The monoisotopic (exact) mass is 336 g/mol. The summed E-state index contributed by atoms with van der Waals surface area (Å²) in [5.74, 6) is -1.89. The smallest absolute Gasteiger partial charge is 0.335 e. The lowest BCUT2D eigenvalue weighted by Crippen LogP contribution is -2.13. The number of methoxy groups -OCH3 is 1. The van der Waals surface area contributed by atoms with Gasteiger partial charge in [0.2, 0.25) is 0 Å². The minimum atomic E-state index is -3.83. The molecule has 9 heteroatoms. The summed E-state index contributed by atoms with van der Waals surface area (Å²) >= 11 is 0. The molecule has 0 bridgehead atoms. The highest BCUT2D eigenvalue weighted by molar-refractivity contribution is 7.92. The summed E-state index contributed by atoms with van der Waals surface area (Å²) in [5, 5.41) is 8.91. The Morgan fingerprint density at radius 3 is 2.29 bits per heavy atom. The number of carbonyl (C=O) groups is 1. The van der Waals surface area contributed by atoms with E-state index >= 15 is 0 Å². The number of carboxylic acid groups (broad SMARTS) is 1. The first-order chi connectivity index (χ1) is 9.57. The van der Waals surface area contributed by atoms with Crippen LogP contribution >= 0.6 is 0 Å². The van der Waals surface area contributed by atoms with Gasteiger partial charge in [0.1, 0.15) is 20.5 Å². The van der Waals surface area contributed by atoms with Crippen LogP contribution in [0.4, 0.5) is 0 Å². The van der Waals surface area contributed by atoms with Gasteiger partial charge < -0.3 is 9.84 Å². The van der Waals surface area contributed by atoms with Gasteiger partial charge in [-0.25, -0.2) is 21.6 Å². The summed E-state index contributed by atoms with van der Waals surface area (Å²) < 4.78 is 51.4. The molecule has 0 spiro atoms. The molecule has 0 saturated carbocycles. The Kier molecular flexibility index (Phi) is 5.35. The molecule has 1 aromatic carbocycles. The van der Waals surface area contributed by atoms with E-state index in [1.807, 2.05) is 0 Å². The standard InChI is InChI=1S/C12H16O7S2/c1-19-10-5-4-9(12(13)14)8-11(10)21(17,18)7-3-6-20(2,15)16/h4-5,8H,3,6-7H2,1-2H3,(H,13,14). The maximum Gasteiger partial charge on any atom is 0.335 e. The van der Waals surface area contributed by atoms with Crippen LogP contribution in [0.5, 0.6) is 5.75 Å². The van der Waals surface area contributed by atoms with Gasteiger partial charge in [-0.2, -0.15) is 0 Å². The average molecular weight is 336 g/mol. The predicted octanol–water partition coefficient (Wildman–Crippen LogP) is 0.602. The van der Waals surface area contributed by atoms with Crippen LogP contribution < -0.4 is 4.74 Å². The molecule has 1 N–H and O–H groups in total. The molecule has 7 nitrogen and oxygen atoms in total. The molecule has 0 amide bonds. The van der Waals surface area contributed by atoms with Crippen molar-refractivity contribution in [2.75, 3.05) is 24.9 Å². The van der Waals surface area contributed by atoms with Crippen LogP contribution in [-0.2, 0) is 19.7 Å². The van der Waals surface area contributed by atoms with E-state index in [0.29, 0.717) is 0 Å². The van der Waals surface area contributed by atoms with Crippen LogP contribution in [0.15, 0.2) is 23.1 Å². The highest BCUT2D eigenvalue weighted by Crippen LogP contribution is 2.26. The number of hydrogen-bond acceptors (Lipinski definition) is 6. The summed E-state index contributed by atoms with van der Waals surface area (Å²) in [5.41, 5.74) is -0.183. The van der Waals surface area contributed by atoms with Crippen LogP contribution in [-0.4, -0.2) is 52.8 Å². The largest absolute Gasteiger partial charge is 0.495 e. The molecule has 0 aliphatic heterocycles. The van der Waals surface area contributed by atoms with Crippen molar-refractivity contribution in [3.8, 4) is 5.75 Å². The van der Waals surface area contributed by atoms with Crippen LogP contribution in [0, 0.1) is 0 Å². The van der Waals surface area contributed by atoms with Crippen molar-refractivity contribution in [3.05, 3.63) is 23.8 Å². The van der Waals surface area contributed by atoms with Gasteiger partial charge in [-0.1, -0.05) is 0 Å². The predicted molar refractivity (Wildman–Crippen MR) is 76.3 cm³/mol. The lowest BCUT2D eigenvalue weighted by Gasteiger charge is -2.10. The molecule has 21 heavy (non-hydrogen) atoms. The number of benzene rings is 1. The zero-order chi connectivity index (χ0) is 16.3. The molecule has 0 aliphatic rings. The number of rotatable bonds is 7. The van der Waals surface area contributed by atoms with Crippen LogP contribution in [0.25, 0.3) is 0 Å². The first-order valence-electron chi connectivity index (χ1n) is 5.88. The van der Waals surface area contributed by atoms with Gasteiger partial charge in [0.05, 0.1) is 24.2 Å². The second-order valence-corrected chi connectivity index (χ2v) is 8.81. The Bertz CT molecular complexity index is 733. The summed E-state index contributed by atoms with van der Waals surface area (Å²) in [6.07, 6.45) is 0.951. The number of sulfone groups is 2. The van der Waals surface area contributed by atoms with Gasteiger partial charge in [0, 0.05) is 6.26 Å². The molecule has 0 fully saturated rings. The fraction of sp³-hybridized carbons (Fsp3) is 0.417. The van der Waals surface area contributed by atoms with Crippen molar-refractivity contribution < 1.29 is 31.5 Å². The second-order valence-electron chi connectivity index (χ2n) is 4.47. The molecule has 0 aliphatic carbocycles. The fourth-order valence-electron chi connectivity index (χ4n) is 1.67. The Labute approximate surface area is 123 Å². The van der Waals surface area contributed by atoms with E-state index in [2.05, 4.69) is 0 Å². The Balaban J connectivity index is 3.11. The molecule has 0 unspecified atom stereocenters. The van der Waals surface area contributed by atoms with Gasteiger partial charge in [-0.15, -0.1) is 0 Å². The SMILES string of the molecule is COc1ccc(C(=O)O)cc1S(=O)(=O)CCCS(C)(=O)=O. The van der Waals surface area contributed by atoms with Crippen LogP contribution in [0.2, 0.25) is 0 Å². The van der Waals surface area contributed by atoms with E-state index in [1.54, 1.807) is 0 Å². The van der Waals surface area contributed by atoms with E-state index < -0.39 is 31.4 Å². The van der Waals surface area contributed by atoms with Gasteiger partial charge in [-0.05, 0) is 24.6 Å². The van der Waals surface area contributed by atoms with Crippen LogP contribution in [0.1, 0.15) is 16.8 Å². The molecular weight excluding hydrogens is 320 g/mol. The molecule has 0 aromatic heterocycles. The summed E-state index contributed by atoms with van der Waals surface area (Å²) in [4.78, 5) is 10.7. The summed E-state index contributed by atoms with van der Waals surface area (Å²) in [7, 11) is -5.82. The minimum Gasteiger partial charge on any atom is -0.495 e. The van der Waals surface area contributed by atoms with E-state index in [4.69, 9.17) is 9.84 Å². The highest BCUT2D eigenvalue weighted by Gasteiger charge is 2.22. The Morgan fingerprint density at radius 1 is 1.19 bits per heavy atom. The molecule has 1 aromatic rings. The van der Waals surface area contributed by atoms with Crippen LogP contribution in [0.3, 0.4) is 0 Å². The van der Waals surface area contributed by atoms with Crippen molar-refractivity contribution in [1.82, 2.24) is 0 Å². The minimum absolute atomic E-state index is 0.0272. The van der Waals surface area contributed by atoms with Crippen molar-refractivity contribution in [2.24, 2.45) is 0 Å². The maximum atomic E-state index is 12.2. The lowest BCUT2D eigenvalue weighted by atomic mass is 10.2. The maximum absolute atomic E-state index is 12.2. The van der Waals surface area contributed by atoms with Crippen molar-refractivity contribution in [2.45, 2.75) is 11.3 Å². The zero-order valence-corrected chi connectivity index (χ0v) is 13.2. The molecular formula is C12H16O7S2. The third-order valence-electron chi connectivity index (χ3n) is 2.67. The van der Waals surface area contributed by atoms with Gasteiger partial charge >= 0.3 is 5.97 Å². The molecule has 0 heterocycles. The van der Waals surface area contributed by atoms with Gasteiger partial charge in [0.15, 0.2) is 9.84 Å². The van der Waals surface area contributed by atoms with E-state index in [9.17, 15) is 21.6 Å². The molecule has 0 atom stereocenters. The van der Waals surface area contributed by atoms with E-state index in [0.717, 1.165) is 12.3 Å². The third kappa shape index (κ3) is 5.01. The topological polar surface area (TPSA) is 115 Å².